The molecule has 0 aliphatic heterocycles. The Morgan fingerprint density at radius 3 is 2.42 bits per heavy atom. The fraction of sp³-hybridized carbons (Fsp3) is 0.316. The van der Waals surface area contributed by atoms with Crippen molar-refractivity contribution in [3.8, 4) is 17.2 Å². The first kappa shape index (κ1) is 20.2. The van der Waals surface area contributed by atoms with Gasteiger partial charge in [0.15, 0.2) is 11.5 Å². The average molecular weight is 398 g/mol. The summed E-state index contributed by atoms with van der Waals surface area (Å²) in [4.78, 5) is 12.6. The molecule has 0 spiro atoms. The summed E-state index contributed by atoms with van der Waals surface area (Å²) in [5.74, 6) is 1.07. The van der Waals surface area contributed by atoms with Crippen LogP contribution in [0.4, 0.5) is 5.69 Å². The van der Waals surface area contributed by atoms with Gasteiger partial charge in [-0.15, -0.1) is 0 Å². The van der Waals surface area contributed by atoms with Gasteiger partial charge in [-0.1, -0.05) is 30.1 Å². The summed E-state index contributed by atoms with van der Waals surface area (Å²) in [6, 6.07) is 8.16. The van der Waals surface area contributed by atoms with Crippen molar-refractivity contribution in [3.63, 3.8) is 0 Å². The van der Waals surface area contributed by atoms with Gasteiger partial charge >= 0.3 is 0 Å². The minimum absolute atomic E-state index is 0.322. The Hall–Kier alpha value is -2.11. The van der Waals surface area contributed by atoms with Crippen LogP contribution in [0, 0.1) is 0 Å². The van der Waals surface area contributed by atoms with Gasteiger partial charge < -0.3 is 19.5 Å². The van der Waals surface area contributed by atoms with E-state index in [1.807, 2.05) is 13.8 Å². The third-order valence-corrected chi connectivity index (χ3v) is 4.01. The van der Waals surface area contributed by atoms with E-state index in [0.717, 1.165) is 6.42 Å². The van der Waals surface area contributed by atoms with Gasteiger partial charge in [0.2, 0.25) is 0 Å². The van der Waals surface area contributed by atoms with Crippen LogP contribution in [0.15, 0.2) is 30.3 Å². The Bertz CT molecular complexity index is 780. The van der Waals surface area contributed by atoms with E-state index in [1.165, 1.54) is 7.11 Å². The lowest BCUT2D eigenvalue weighted by Gasteiger charge is -2.15. The monoisotopic (exact) mass is 397 g/mol. The zero-order valence-electron chi connectivity index (χ0n) is 14.9. The van der Waals surface area contributed by atoms with E-state index in [0.29, 0.717) is 51.8 Å². The molecule has 0 heterocycles. The third kappa shape index (κ3) is 4.96. The Morgan fingerprint density at radius 1 is 1.04 bits per heavy atom. The Labute approximate surface area is 163 Å². The van der Waals surface area contributed by atoms with Gasteiger partial charge in [-0.3, -0.25) is 4.79 Å². The molecule has 0 fully saturated rings. The van der Waals surface area contributed by atoms with Crippen LogP contribution in [0.3, 0.4) is 0 Å². The molecule has 26 heavy (non-hydrogen) atoms. The lowest BCUT2D eigenvalue weighted by molar-refractivity contribution is 0.102. The molecular formula is C19H21Cl2NO4. The minimum Gasteiger partial charge on any atom is -0.495 e. The molecule has 0 saturated carbocycles. The minimum atomic E-state index is -0.337. The quantitative estimate of drug-likeness (QED) is 0.643. The maximum atomic E-state index is 12.6. The maximum Gasteiger partial charge on any atom is 0.255 e. The van der Waals surface area contributed by atoms with Crippen LogP contribution in [0.2, 0.25) is 10.0 Å². The van der Waals surface area contributed by atoms with Gasteiger partial charge in [0.25, 0.3) is 5.91 Å². The van der Waals surface area contributed by atoms with Gasteiger partial charge in [0.1, 0.15) is 5.75 Å². The zero-order chi connectivity index (χ0) is 19.1. The summed E-state index contributed by atoms with van der Waals surface area (Å²) in [6.07, 6.45) is 0.836. The topological polar surface area (TPSA) is 56.8 Å². The van der Waals surface area contributed by atoms with Crippen LogP contribution < -0.4 is 19.5 Å². The molecule has 0 radical (unpaired) electrons. The number of benzene rings is 2. The number of halogens is 2. The normalized spacial score (nSPS) is 10.3. The molecule has 7 heteroatoms. The van der Waals surface area contributed by atoms with Crippen molar-refractivity contribution < 1.29 is 19.0 Å². The average Bonchev–Trinajstić information content (AvgIpc) is 2.61. The fourth-order valence-corrected chi connectivity index (χ4v) is 2.78. The summed E-state index contributed by atoms with van der Waals surface area (Å²) in [5, 5.41) is 3.50. The van der Waals surface area contributed by atoms with Crippen LogP contribution in [0.1, 0.15) is 30.6 Å². The van der Waals surface area contributed by atoms with E-state index >= 15 is 0 Å². The first-order valence-corrected chi connectivity index (χ1v) is 8.99. The lowest BCUT2D eigenvalue weighted by atomic mass is 10.1. The molecule has 2 aromatic rings. The second kappa shape index (κ2) is 9.55. The van der Waals surface area contributed by atoms with Crippen molar-refractivity contribution in [3.05, 3.63) is 45.9 Å². The molecule has 0 saturated heterocycles. The molecule has 5 nitrogen and oxygen atoms in total. The third-order valence-electron chi connectivity index (χ3n) is 3.43. The molecule has 1 amide bonds. The number of anilines is 1. The predicted octanol–water partition coefficient (Wildman–Crippen LogP) is 5.44. The van der Waals surface area contributed by atoms with E-state index in [1.54, 1.807) is 30.3 Å². The summed E-state index contributed by atoms with van der Waals surface area (Å²) in [6.45, 7) is 4.79. The van der Waals surface area contributed by atoms with Gasteiger partial charge in [0, 0.05) is 11.3 Å². The van der Waals surface area contributed by atoms with Gasteiger partial charge in [-0.05, 0) is 43.7 Å². The van der Waals surface area contributed by atoms with E-state index in [4.69, 9.17) is 37.4 Å². The van der Waals surface area contributed by atoms with Crippen molar-refractivity contribution in [1.82, 2.24) is 0 Å². The maximum absolute atomic E-state index is 12.6. The predicted molar refractivity (Wildman–Crippen MR) is 104 cm³/mol. The lowest BCUT2D eigenvalue weighted by Crippen LogP contribution is -2.13. The van der Waals surface area contributed by atoms with Crippen LogP contribution in [-0.4, -0.2) is 26.2 Å². The van der Waals surface area contributed by atoms with Crippen molar-refractivity contribution in [2.24, 2.45) is 0 Å². The molecule has 0 aromatic heterocycles. The van der Waals surface area contributed by atoms with E-state index in [2.05, 4.69) is 5.32 Å². The molecular weight excluding hydrogens is 377 g/mol. The molecule has 2 rings (SSSR count). The van der Waals surface area contributed by atoms with Crippen molar-refractivity contribution in [1.29, 1.82) is 0 Å². The number of rotatable bonds is 8. The smallest absolute Gasteiger partial charge is 0.255 e. The highest BCUT2D eigenvalue weighted by atomic mass is 35.5. The molecule has 0 unspecified atom stereocenters. The van der Waals surface area contributed by atoms with Gasteiger partial charge in [-0.25, -0.2) is 0 Å². The highest BCUT2D eigenvalue weighted by molar-refractivity contribution is 6.33. The van der Waals surface area contributed by atoms with Crippen LogP contribution in [0.25, 0.3) is 0 Å². The van der Waals surface area contributed by atoms with Crippen molar-refractivity contribution in [2.75, 3.05) is 25.6 Å². The Kier molecular flexibility index (Phi) is 7.42. The summed E-state index contributed by atoms with van der Waals surface area (Å²) >= 11 is 12.4. The number of amides is 1. The first-order chi connectivity index (χ1) is 12.5. The molecule has 0 aliphatic carbocycles. The fourth-order valence-electron chi connectivity index (χ4n) is 2.25. The number of ether oxygens (including phenoxy) is 3. The molecule has 140 valence electrons. The Morgan fingerprint density at radius 2 is 1.81 bits per heavy atom. The Balaban J connectivity index is 2.26. The van der Waals surface area contributed by atoms with Crippen LogP contribution >= 0.6 is 23.2 Å². The summed E-state index contributed by atoms with van der Waals surface area (Å²) in [5.41, 5.74) is 0.899. The SMILES string of the molecule is CCCOc1c(Cl)cc(C(=O)Nc2ccc(OC)c(Cl)c2)cc1OCC. The van der Waals surface area contributed by atoms with Crippen molar-refractivity contribution in [2.45, 2.75) is 20.3 Å². The molecule has 0 bridgehead atoms. The first-order valence-electron chi connectivity index (χ1n) is 8.24. The largest absolute Gasteiger partial charge is 0.495 e. The van der Waals surface area contributed by atoms with Gasteiger partial charge in [-0.2, -0.15) is 0 Å². The number of carbonyl (C=O) groups excluding carboxylic acids is 1. The van der Waals surface area contributed by atoms with Crippen molar-refractivity contribution >= 4 is 34.8 Å². The van der Waals surface area contributed by atoms with Crippen LogP contribution in [0.5, 0.6) is 17.2 Å². The number of hydrogen-bond donors (Lipinski definition) is 1. The van der Waals surface area contributed by atoms with E-state index in [9.17, 15) is 4.79 Å². The number of methoxy groups -OCH3 is 1. The zero-order valence-corrected chi connectivity index (χ0v) is 16.4. The number of hydrogen-bond acceptors (Lipinski definition) is 4. The molecule has 1 N–H and O–H groups in total. The highest BCUT2D eigenvalue weighted by Crippen LogP contribution is 2.37. The number of carbonyl (C=O) groups is 1. The second-order valence-electron chi connectivity index (χ2n) is 5.37. The molecule has 0 aliphatic rings. The highest BCUT2D eigenvalue weighted by Gasteiger charge is 2.17. The second-order valence-corrected chi connectivity index (χ2v) is 6.18. The van der Waals surface area contributed by atoms with Crippen LogP contribution in [-0.2, 0) is 0 Å². The molecule has 2 aromatic carbocycles. The summed E-state index contributed by atoms with van der Waals surface area (Å²) in [7, 11) is 1.53. The summed E-state index contributed by atoms with van der Waals surface area (Å²) < 4.78 is 16.3. The standard InChI is InChI=1S/C19H21Cl2NO4/c1-4-8-26-18-15(21)9-12(10-17(18)25-5-2)19(23)22-13-6-7-16(24-3)14(20)11-13/h6-7,9-11H,4-5,8H2,1-3H3,(H,22,23). The molecule has 0 atom stereocenters. The van der Waals surface area contributed by atoms with E-state index in [-0.39, 0.29) is 5.91 Å². The number of nitrogens with one attached hydrogen (secondary N) is 1. The van der Waals surface area contributed by atoms with Gasteiger partial charge in [0.05, 0.1) is 30.4 Å². The van der Waals surface area contributed by atoms with E-state index < -0.39 is 0 Å².